The van der Waals surface area contributed by atoms with E-state index in [-0.39, 0.29) is 0 Å². The second-order valence-corrected chi connectivity index (χ2v) is 3.40. The molecule has 0 spiro atoms. The molecule has 0 rings (SSSR count). The summed E-state index contributed by atoms with van der Waals surface area (Å²) in [5.41, 5.74) is 1.24. The Morgan fingerprint density at radius 3 is 2.50 bits per heavy atom. The van der Waals surface area contributed by atoms with E-state index >= 15 is 0 Å². The Bertz CT molecular complexity index is 154. The molecule has 12 heavy (non-hydrogen) atoms. The molecule has 0 N–H and O–H groups in total. The molecule has 0 aliphatic rings. The van der Waals surface area contributed by atoms with Gasteiger partial charge in [-0.2, -0.15) is 0 Å². The lowest BCUT2D eigenvalue weighted by Gasteiger charge is -2.03. The van der Waals surface area contributed by atoms with Crippen LogP contribution in [0.15, 0.2) is 17.1 Å². The zero-order valence-corrected chi connectivity index (χ0v) is 8.80. The zero-order chi connectivity index (χ0) is 9.40. The first-order valence-corrected chi connectivity index (χ1v) is 4.86. The number of hydrogen-bond donors (Lipinski definition) is 0. The summed E-state index contributed by atoms with van der Waals surface area (Å²) in [5, 5.41) is 0. The van der Waals surface area contributed by atoms with Crippen LogP contribution < -0.4 is 0 Å². The Hall–Kier alpha value is -0.590. The van der Waals surface area contributed by atoms with Crippen molar-refractivity contribution in [1.29, 1.82) is 0 Å². The lowest BCUT2D eigenvalue weighted by molar-refractivity contribution is 0.603. The van der Waals surface area contributed by atoms with Crippen LogP contribution >= 0.6 is 0 Å². The van der Waals surface area contributed by atoms with Gasteiger partial charge in [-0.05, 0) is 38.7 Å². The highest BCUT2D eigenvalue weighted by molar-refractivity contribution is 5.94. The van der Waals surface area contributed by atoms with Gasteiger partial charge in [0.25, 0.3) is 0 Å². The van der Waals surface area contributed by atoms with Crippen molar-refractivity contribution in [3.63, 3.8) is 0 Å². The molecular weight excluding hydrogens is 146 g/mol. The van der Waals surface area contributed by atoms with Crippen LogP contribution in [0.1, 0.15) is 40.5 Å². The Morgan fingerprint density at radius 2 is 2.08 bits per heavy atom. The summed E-state index contributed by atoms with van der Waals surface area (Å²) < 4.78 is 0. The number of nitrogens with zero attached hydrogens (tertiary/aromatic N) is 1. The molecule has 0 unspecified atom stereocenters. The van der Waals surface area contributed by atoms with Crippen LogP contribution in [-0.4, -0.2) is 12.3 Å². The summed E-state index contributed by atoms with van der Waals surface area (Å²) in [6, 6.07) is 0. The Morgan fingerprint density at radius 1 is 1.42 bits per heavy atom. The summed E-state index contributed by atoms with van der Waals surface area (Å²) in [4.78, 5) is 4.42. The fourth-order valence-electron chi connectivity index (χ4n) is 1.05. The van der Waals surface area contributed by atoms with Crippen LogP contribution in [0, 0.1) is 5.92 Å². The molecule has 0 aromatic heterocycles. The largest absolute Gasteiger partial charge is 0.290 e. The average Bonchev–Trinajstić information content (AvgIpc) is 2.01. The minimum Gasteiger partial charge on any atom is -0.290 e. The second-order valence-electron chi connectivity index (χ2n) is 3.40. The lowest BCUT2D eigenvalue weighted by Crippen LogP contribution is -1.98. The zero-order valence-electron chi connectivity index (χ0n) is 8.80. The molecule has 0 heterocycles. The molecule has 70 valence electrons. The van der Waals surface area contributed by atoms with Crippen LogP contribution in [0.5, 0.6) is 0 Å². The van der Waals surface area contributed by atoms with Gasteiger partial charge in [0.1, 0.15) is 0 Å². The van der Waals surface area contributed by atoms with Gasteiger partial charge in [0, 0.05) is 12.3 Å². The first-order chi connectivity index (χ1) is 5.70. The summed E-state index contributed by atoms with van der Waals surface area (Å²) in [6.07, 6.45) is 6.54. The van der Waals surface area contributed by atoms with Crippen molar-refractivity contribution in [3.05, 3.63) is 12.2 Å². The second kappa shape index (κ2) is 7.08. The van der Waals surface area contributed by atoms with Gasteiger partial charge >= 0.3 is 0 Å². The molecule has 1 heteroatoms. The monoisotopic (exact) mass is 167 g/mol. The number of rotatable bonds is 5. The maximum Gasteiger partial charge on any atom is 0.0364 e. The SMILES string of the molecule is C/C=C\C(CCC(C)C)=NCC. The van der Waals surface area contributed by atoms with E-state index in [1.165, 1.54) is 12.1 Å². The van der Waals surface area contributed by atoms with E-state index < -0.39 is 0 Å². The van der Waals surface area contributed by atoms with Crippen LogP contribution in [-0.2, 0) is 0 Å². The first-order valence-electron chi connectivity index (χ1n) is 4.86. The lowest BCUT2D eigenvalue weighted by atomic mass is 10.1. The molecule has 1 nitrogen and oxygen atoms in total. The van der Waals surface area contributed by atoms with Gasteiger partial charge in [0.15, 0.2) is 0 Å². The fourth-order valence-corrected chi connectivity index (χ4v) is 1.05. The highest BCUT2D eigenvalue weighted by Gasteiger charge is 1.97. The molecule has 0 fully saturated rings. The van der Waals surface area contributed by atoms with Crippen molar-refractivity contribution >= 4 is 5.71 Å². The standard InChI is InChI=1S/C11H21N/c1-5-7-11(12-6-2)9-8-10(3)4/h5,7,10H,6,8-9H2,1-4H3/b7-5-,12-11?. The van der Waals surface area contributed by atoms with Gasteiger partial charge in [-0.3, -0.25) is 4.99 Å². The van der Waals surface area contributed by atoms with Crippen molar-refractivity contribution in [2.45, 2.75) is 40.5 Å². The third-order valence-electron chi connectivity index (χ3n) is 1.70. The molecule has 0 atom stereocenters. The van der Waals surface area contributed by atoms with Crippen molar-refractivity contribution in [3.8, 4) is 0 Å². The first kappa shape index (κ1) is 11.4. The van der Waals surface area contributed by atoms with E-state index in [0.29, 0.717) is 0 Å². The number of allylic oxidation sites excluding steroid dienone is 2. The summed E-state index contributed by atoms with van der Waals surface area (Å²) in [7, 11) is 0. The van der Waals surface area contributed by atoms with Crippen molar-refractivity contribution in [2.75, 3.05) is 6.54 Å². The fraction of sp³-hybridized carbons (Fsp3) is 0.727. The van der Waals surface area contributed by atoms with Crippen LogP contribution in [0.25, 0.3) is 0 Å². The van der Waals surface area contributed by atoms with E-state index in [2.05, 4.69) is 37.9 Å². The molecule has 0 saturated carbocycles. The molecule has 0 saturated heterocycles. The smallest absolute Gasteiger partial charge is 0.0364 e. The molecule has 0 amide bonds. The molecule has 0 aromatic carbocycles. The Balaban J connectivity index is 3.88. The Labute approximate surface area is 76.6 Å². The Kier molecular flexibility index (Phi) is 6.73. The van der Waals surface area contributed by atoms with Gasteiger partial charge < -0.3 is 0 Å². The van der Waals surface area contributed by atoms with Crippen molar-refractivity contribution < 1.29 is 0 Å². The predicted octanol–water partition coefficient (Wildman–Crippen LogP) is 3.46. The summed E-state index contributed by atoms with van der Waals surface area (Å²) in [5.74, 6) is 0.775. The average molecular weight is 167 g/mol. The number of aliphatic imine (C=N–C) groups is 1. The quantitative estimate of drug-likeness (QED) is 0.556. The van der Waals surface area contributed by atoms with Crippen LogP contribution in [0.2, 0.25) is 0 Å². The minimum absolute atomic E-state index is 0.775. The normalized spacial score (nSPS) is 13.2. The van der Waals surface area contributed by atoms with Gasteiger partial charge in [0.2, 0.25) is 0 Å². The molecule has 0 aromatic rings. The van der Waals surface area contributed by atoms with Gasteiger partial charge in [0.05, 0.1) is 0 Å². The molecular formula is C11H21N. The van der Waals surface area contributed by atoms with Crippen molar-refractivity contribution in [1.82, 2.24) is 0 Å². The minimum atomic E-state index is 0.775. The van der Waals surface area contributed by atoms with E-state index in [0.717, 1.165) is 18.9 Å². The highest BCUT2D eigenvalue weighted by Crippen LogP contribution is 2.05. The van der Waals surface area contributed by atoms with E-state index in [4.69, 9.17) is 0 Å². The topological polar surface area (TPSA) is 12.4 Å². The van der Waals surface area contributed by atoms with Crippen LogP contribution in [0.3, 0.4) is 0 Å². The highest BCUT2D eigenvalue weighted by atomic mass is 14.7. The maximum absolute atomic E-state index is 4.42. The predicted molar refractivity (Wildman–Crippen MR) is 56.9 cm³/mol. The molecule has 0 aliphatic carbocycles. The van der Waals surface area contributed by atoms with Gasteiger partial charge in [-0.1, -0.05) is 19.9 Å². The van der Waals surface area contributed by atoms with Crippen molar-refractivity contribution in [2.24, 2.45) is 10.9 Å². The van der Waals surface area contributed by atoms with E-state index in [9.17, 15) is 0 Å². The molecule has 0 aliphatic heterocycles. The van der Waals surface area contributed by atoms with E-state index in [1.807, 2.05) is 6.92 Å². The number of hydrogen-bond acceptors (Lipinski definition) is 1. The third kappa shape index (κ3) is 6.14. The van der Waals surface area contributed by atoms with E-state index in [1.54, 1.807) is 0 Å². The molecule has 0 bridgehead atoms. The van der Waals surface area contributed by atoms with Crippen LogP contribution in [0.4, 0.5) is 0 Å². The third-order valence-corrected chi connectivity index (χ3v) is 1.70. The van der Waals surface area contributed by atoms with Gasteiger partial charge in [-0.15, -0.1) is 0 Å². The summed E-state index contributed by atoms with van der Waals surface area (Å²) >= 11 is 0. The maximum atomic E-state index is 4.42. The van der Waals surface area contributed by atoms with Gasteiger partial charge in [-0.25, -0.2) is 0 Å². The molecule has 0 radical (unpaired) electrons. The summed E-state index contributed by atoms with van der Waals surface area (Å²) in [6.45, 7) is 9.52.